The van der Waals surface area contributed by atoms with Crippen LogP contribution in [-0.2, 0) is 23.8 Å². The van der Waals surface area contributed by atoms with Crippen LogP contribution in [-0.4, -0.2) is 54.1 Å². The van der Waals surface area contributed by atoms with E-state index in [1.165, 1.54) is 0 Å². The molecule has 0 radical (unpaired) electrons. The van der Waals surface area contributed by atoms with Gasteiger partial charge in [0, 0.05) is 24.7 Å². The molecule has 2 unspecified atom stereocenters. The summed E-state index contributed by atoms with van der Waals surface area (Å²) < 4.78 is 48.2. The average Bonchev–Trinajstić information content (AvgIpc) is 3.32. The fourth-order valence-electron chi connectivity index (χ4n) is 3.22. The van der Waals surface area contributed by atoms with Crippen molar-refractivity contribution >= 4 is 6.09 Å². The van der Waals surface area contributed by atoms with Crippen LogP contribution in [0.1, 0.15) is 23.4 Å². The molecule has 0 saturated carbocycles. The van der Waals surface area contributed by atoms with E-state index in [0.717, 1.165) is 23.9 Å². The number of hydrogen-bond acceptors (Lipinski definition) is 5. The van der Waals surface area contributed by atoms with Gasteiger partial charge >= 0.3 is 12.3 Å². The highest BCUT2D eigenvalue weighted by atomic mass is 19.4. The molecule has 5 N–H and O–H groups in total. The Kier molecular flexibility index (Phi) is 8.07. The largest absolute Gasteiger partial charge is 0.497 e. The lowest BCUT2D eigenvalue weighted by Crippen LogP contribution is -2.38. The number of amides is 1. The van der Waals surface area contributed by atoms with Crippen molar-refractivity contribution in [3.8, 4) is 5.75 Å². The van der Waals surface area contributed by atoms with Crippen LogP contribution in [0, 0.1) is 0 Å². The maximum absolute atomic E-state index is 12.5. The molecule has 3 rings (SSSR count). The quantitative estimate of drug-likeness (QED) is 0.619. The van der Waals surface area contributed by atoms with Crippen molar-refractivity contribution < 1.29 is 32.9 Å². The highest BCUT2D eigenvalue weighted by molar-refractivity contribution is 5.67. The fraction of sp³-hybridized carbons (Fsp3) is 0.474. The van der Waals surface area contributed by atoms with Gasteiger partial charge in [0.05, 0.1) is 7.11 Å². The minimum Gasteiger partial charge on any atom is -0.497 e. The Morgan fingerprint density at radius 1 is 1.30 bits per heavy atom. The molecule has 1 aliphatic rings. The third kappa shape index (κ3) is 6.36. The molecule has 2 atom stereocenters. The number of aromatic amines is 1. The van der Waals surface area contributed by atoms with Crippen molar-refractivity contribution in [2.45, 2.75) is 37.6 Å². The number of methoxy groups -OCH3 is 1. The lowest BCUT2D eigenvalue weighted by atomic mass is 10.0. The standard InChI is InChI=1S/C19H23F3N4O3.H2O/c1-28-14-4-2-12(3-5-14)10-15-16(7-9-23-15)29-18(27)24-8-6-13-11-17(26-25-13)19(20,21)22;/h2-5,11,15-16,23H,6-10H2,1H3,(H,24,27)(H,25,26);1H2. The molecule has 11 heteroatoms. The molecule has 0 aliphatic carbocycles. The lowest BCUT2D eigenvalue weighted by molar-refractivity contribution is -0.141. The Morgan fingerprint density at radius 2 is 2.03 bits per heavy atom. The molecule has 30 heavy (non-hydrogen) atoms. The number of hydrogen-bond donors (Lipinski definition) is 3. The molecule has 1 aromatic carbocycles. The molecule has 0 bridgehead atoms. The van der Waals surface area contributed by atoms with Crippen LogP contribution >= 0.6 is 0 Å². The van der Waals surface area contributed by atoms with Crippen molar-refractivity contribution in [3.63, 3.8) is 0 Å². The summed E-state index contributed by atoms with van der Waals surface area (Å²) in [5.74, 6) is 0.778. The van der Waals surface area contributed by atoms with Gasteiger partial charge in [-0.2, -0.15) is 18.3 Å². The second-order valence-electron chi connectivity index (χ2n) is 6.80. The highest BCUT2D eigenvalue weighted by Crippen LogP contribution is 2.27. The van der Waals surface area contributed by atoms with E-state index in [4.69, 9.17) is 9.47 Å². The van der Waals surface area contributed by atoms with E-state index in [2.05, 4.69) is 20.8 Å². The first-order chi connectivity index (χ1) is 13.8. The predicted octanol–water partition coefficient (Wildman–Crippen LogP) is 1.85. The normalized spacial score (nSPS) is 18.5. The van der Waals surface area contributed by atoms with Crippen LogP contribution in [0.15, 0.2) is 30.3 Å². The Hall–Kier alpha value is -2.79. The molecule has 2 heterocycles. The Labute approximate surface area is 171 Å². The van der Waals surface area contributed by atoms with Crippen LogP contribution < -0.4 is 15.4 Å². The monoisotopic (exact) mass is 430 g/mol. The van der Waals surface area contributed by atoms with Crippen LogP contribution in [0.4, 0.5) is 18.0 Å². The lowest BCUT2D eigenvalue weighted by Gasteiger charge is -2.20. The van der Waals surface area contributed by atoms with E-state index in [9.17, 15) is 18.0 Å². The Morgan fingerprint density at radius 3 is 2.67 bits per heavy atom. The summed E-state index contributed by atoms with van der Waals surface area (Å²) >= 11 is 0. The van der Waals surface area contributed by atoms with Crippen LogP contribution in [0.5, 0.6) is 5.75 Å². The molecule has 0 spiro atoms. The summed E-state index contributed by atoms with van der Waals surface area (Å²) in [6.45, 7) is 0.884. The zero-order valence-corrected chi connectivity index (χ0v) is 16.4. The third-order valence-corrected chi connectivity index (χ3v) is 4.74. The van der Waals surface area contributed by atoms with Crippen molar-refractivity contribution in [3.05, 3.63) is 47.3 Å². The number of alkyl carbamates (subject to hydrolysis) is 1. The zero-order valence-electron chi connectivity index (χ0n) is 16.4. The predicted molar refractivity (Wildman–Crippen MR) is 102 cm³/mol. The van der Waals surface area contributed by atoms with E-state index in [-0.39, 0.29) is 36.3 Å². The maximum Gasteiger partial charge on any atom is 0.435 e. The summed E-state index contributed by atoms with van der Waals surface area (Å²) in [6, 6.07) is 8.62. The minimum absolute atomic E-state index is 0. The van der Waals surface area contributed by atoms with E-state index in [1.54, 1.807) is 7.11 Å². The molecule has 1 amide bonds. The number of carbonyl (C=O) groups excluding carboxylic acids is 1. The molecule has 1 fully saturated rings. The number of alkyl halides is 3. The number of aromatic nitrogens is 2. The average molecular weight is 430 g/mol. The second kappa shape index (κ2) is 10.3. The van der Waals surface area contributed by atoms with Crippen LogP contribution in [0.2, 0.25) is 0 Å². The van der Waals surface area contributed by atoms with Gasteiger partial charge in [0.25, 0.3) is 0 Å². The number of H-pyrrole nitrogens is 1. The van der Waals surface area contributed by atoms with Crippen molar-refractivity contribution in [1.82, 2.24) is 20.8 Å². The van der Waals surface area contributed by atoms with Gasteiger partial charge in [-0.05, 0) is 43.1 Å². The maximum atomic E-state index is 12.5. The molecule has 2 aromatic rings. The Balaban J connectivity index is 0.00000320. The van der Waals surface area contributed by atoms with Gasteiger partial charge in [-0.3, -0.25) is 5.10 Å². The zero-order chi connectivity index (χ0) is 20.9. The van der Waals surface area contributed by atoms with Gasteiger partial charge in [-0.1, -0.05) is 12.1 Å². The van der Waals surface area contributed by atoms with E-state index < -0.39 is 18.0 Å². The topological polar surface area (TPSA) is 120 Å². The van der Waals surface area contributed by atoms with Gasteiger partial charge in [0.15, 0.2) is 5.69 Å². The molecule has 1 saturated heterocycles. The first-order valence-corrected chi connectivity index (χ1v) is 9.27. The third-order valence-electron chi connectivity index (χ3n) is 4.74. The molecule has 1 aliphatic heterocycles. The van der Waals surface area contributed by atoms with E-state index in [0.29, 0.717) is 12.8 Å². The SMILES string of the molecule is COc1ccc(CC2NCCC2OC(=O)NCCc2cc(C(F)(F)F)n[nH]2)cc1.O. The van der Waals surface area contributed by atoms with Gasteiger partial charge in [-0.25, -0.2) is 4.79 Å². The van der Waals surface area contributed by atoms with Gasteiger partial charge in [0.1, 0.15) is 11.9 Å². The smallest absolute Gasteiger partial charge is 0.435 e. The number of halogens is 3. The summed E-state index contributed by atoms with van der Waals surface area (Å²) in [6.07, 6.45) is -3.76. The van der Waals surface area contributed by atoms with E-state index in [1.807, 2.05) is 24.3 Å². The van der Waals surface area contributed by atoms with Crippen LogP contribution in [0.25, 0.3) is 0 Å². The molecule has 166 valence electrons. The van der Waals surface area contributed by atoms with Crippen molar-refractivity contribution in [2.75, 3.05) is 20.2 Å². The fourth-order valence-corrected chi connectivity index (χ4v) is 3.22. The summed E-state index contributed by atoms with van der Waals surface area (Å²) in [7, 11) is 1.61. The number of benzene rings is 1. The first-order valence-electron chi connectivity index (χ1n) is 9.27. The highest BCUT2D eigenvalue weighted by Gasteiger charge is 2.34. The summed E-state index contributed by atoms with van der Waals surface area (Å²) in [5.41, 5.74) is 0.407. The summed E-state index contributed by atoms with van der Waals surface area (Å²) in [4.78, 5) is 12.1. The van der Waals surface area contributed by atoms with Gasteiger partial charge in [0.2, 0.25) is 0 Å². The number of rotatable bonds is 7. The first kappa shape index (κ1) is 23.5. The van der Waals surface area contributed by atoms with Crippen LogP contribution in [0.3, 0.4) is 0 Å². The summed E-state index contributed by atoms with van der Waals surface area (Å²) in [5, 5.41) is 11.4. The van der Waals surface area contributed by atoms with Gasteiger partial charge < -0.3 is 25.6 Å². The number of ether oxygens (including phenoxy) is 2. The Bertz CT molecular complexity index is 811. The molecular weight excluding hydrogens is 405 g/mol. The minimum atomic E-state index is -4.49. The number of nitrogens with zero attached hydrogens (tertiary/aromatic N) is 1. The number of nitrogens with one attached hydrogen (secondary N) is 3. The van der Waals surface area contributed by atoms with Gasteiger partial charge in [-0.15, -0.1) is 0 Å². The van der Waals surface area contributed by atoms with Crippen molar-refractivity contribution in [1.29, 1.82) is 0 Å². The van der Waals surface area contributed by atoms with Crippen molar-refractivity contribution in [2.24, 2.45) is 0 Å². The molecule has 1 aromatic heterocycles. The second-order valence-corrected chi connectivity index (χ2v) is 6.80. The van der Waals surface area contributed by atoms with E-state index >= 15 is 0 Å². The molecule has 8 nitrogen and oxygen atoms in total. The number of carbonyl (C=O) groups is 1. The molecular formula is C19H25F3N4O4.